The number of methoxy groups -OCH3 is 1. The smallest absolute Gasteiger partial charge is 0.311 e. The quantitative estimate of drug-likeness (QED) is 0.742. The Hall–Kier alpha value is -1.93. The number of hydrogen-bond donors (Lipinski definition) is 0. The second-order valence-electron chi connectivity index (χ2n) is 7.01. The molecule has 2 aliphatic rings. The Morgan fingerprint density at radius 3 is 2.35 bits per heavy atom. The Kier molecular flexibility index (Phi) is 5.34. The summed E-state index contributed by atoms with van der Waals surface area (Å²) in [5.74, 6) is -0.501. The molecule has 1 aromatic carbocycles. The molecule has 2 fully saturated rings. The molecule has 0 aliphatic carbocycles. The summed E-state index contributed by atoms with van der Waals surface area (Å²) in [4.78, 5) is 25.5. The van der Waals surface area contributed by atoms with Gasteiger partial charge < -0.3 is 9.64 Å². The van der Waals surface area contributed by atoms with Crippen molar-refractivity contribution in [3.05, 3.63) is 24.3 Å². The lowest BCUT2D eigenvalue weighted by Crippen LogP contribution is -2.37. The van der Waals surface area contributed by atoms with Gasteiger partial charge >= 0.3 is 5.97 Å². The molecule has 26 heavy (non-hydrogen) atoms. The van der Waals surface area contributed by atoms with Crippen LogP contribution in [-0.4, -0.2) is 51.3 Å². The summed E-state index contributed by atoms with van der Waals surface area (Å²) < 4.78 is 31.7. The van der Waals surface area contributed by atoms with Crippen LogP contribution in [0.1, 0.15) is 26.2 Å². The monoisotopic (exact) mass is 380 g/mol. The third-order valence-corrected chi connectivity index (χ3v) is 7.10. The molecule has 0 saturated carbocycles. The van der Waals surface area contributed by atoms with E-state index in [0.29, 0.717) is 24.7 Å². The van der Waals surface area contributed by atoms with Crippen molar-refractivity contribution in [3.8, 4) is 0 Å². The van der Waals surface area contributed by atoms with E-state index in [1.807, 2.05) is 0 Å². The van der Waals surface area contributed by atoms with Gasteiger partial charge in [-0.05, 0) is 43.0 Å². The number of carbonyl (C=O) groups is 2. The van der Waals surface area contributed by atoms with Gasteiger partial charge in [0.15, 0.2) is 0 Å². The Bertz CT molecular complexity index is 782. The molecule has 1 amide bonds. The van der Waals surface area contributed by atoms with Gasteiger partial charge in [-0.3, -0.25) is 9.59 Å². The molecule has 7 nitrogen and oxygen atoms in total. The summed E-state index contributed by atoms with van der Waals surface area (Å²) in [6.07, 6.45) is 1.85. The molecule has 0 N–H and O–H groups in total. The normalized spacial score (nSPS) is 22.6. The summed E-state index contributed by atoms with van der Waals surface area (Å²) in [6.45, 7) is 3.46. The molecule has 0 aromatic heterocycles. The third kappa shape index (κ3) is 3.61. The highest BCUT2D eigenvalue weighted by molar-refractivity contribution is 7.89. The van der Waals surface area contributed by atoms with E-state index >= 15 is 0 Å². The van der Waals surface area contributed by atoms with Gasteiger partial charge in [0.25, 0.3) is 0 Å². The standard InChI is InChI=1S/C18H24N2O5S/c1-13-7-9-19(10-8-13)26(23,24)16-5-3-15(4-6-16)20-12-14(11-17(20)21)18(22)25-2/h3-6,13-14H,7-12H2,1-2H3/t14-/m1/s1. The van der Waals surface area contributed by atoms with Crippen LogP contribution in [0.5, 0.6) is 0 Å². The van der Waals surface area contributed by atoms with Gasteiger partial charge in [0.1, 0.15) is 0 Å². The number of rotatable bonds is 4. The first-order chi connectivity index (χ1) is 12.3. The molecule has 3 rings (SSSR count). The molecule has 142 valence electrons. The minimum absolute atomic E-state index is 0.110. The number of nitrogens with zero attached hydrogens (tertiary/aromatic N) is 2. The predicted molar refractivity (Wildman–Crippen MR) is 96.1 cm³/mol. The number of carbonyl (C=O) groups excluding carboxylic acids is 2. The molecule has 1 atom stereocenters. The van der Waals surface area contributed by atoms with Crippen molar-refractivity contribution < 1.29 is 22.7 Å². The van der Waals surface area contributed by atoms with E-state index < -0.39 is 21.9 Å². The second kappa shape index (κ2) is 7.36. The zero-order valence-corrected chi connectivity index (χ0v) is 15.9. The number of esters is 1. The lowest BCUT2D eigenvalue weighted by Gasteiger charge is -2.29. The average Bonchev–Trinajstić information content (AvgIpc) is 3.03. The second-order valence-corrected chi connectivity index (χ2v) is 8.95. The van der Waals surface area contributed by atoms with Crippen molar-refractivity contribution in [3.63, 3.8) is 0 Å². The lowest BCUT2D eigenvalue weighted by molar-refractivity contribution is -0.145. The fourth-order valence-electron chi connectivity index (χ4n) is 3.45. The fourth-order valence-corrected chi connectivity index (χ4v) is 4.92. The predicted octanol–water partition coefficient (Wildman–Crippen LogP) is 1.63. The van der Waals surface area contributed by atoms with Crippen LogP contribution in [0.3, 0.4) is 0 Å². The molecule has 0 unspecified atom stereocenters. The van der Waals surface area contributed by atoms with Crippen LogP contribution in [0.4, 0.5) is 5.69 Å². The highest BCUT2D eigenvalue weighted by atomic mass is 32.2. The van der Waals surface area contributed by atoms with E-state index in [9.17, 15) is 18.0 Å². The van der Waals surface area contributed by atoms with Crippen molar-refractivity contribution in [2.45, 2.75) is 31.1 Å². The number of amides is 1. The number of hydrogen-bond acceptors (Lipinski definition) is 5. The van der Waals surface area contributed by atoms with Gasteiger partial charge in [-0.25, -0.2) is 8.42 Å². The number of sulfonamides is 1. The maximum atomic E-state index is 12.8. The molecule has 0 spiro atoms. The van der Waals surface area contributed by atoms with Crippen molar-refractivity contribution in [1.29, 1.82) is 0 Å². The maximum absolute atomic E-state index is 12.8. The average molecular weight is 380 g/mol. The van der Waals surface area contributed by atoms with E-state index in [4.69, 9.17) is 4.74 Å². The molecule has 2 heterocycles. The van der Waals surface area contributed by atoms with E-state index in [1.165, 1.54) is 28.4 Å². The summed E-state index contributed by atoms with van der Waals surface area (Å²) in [5.41, 5.74) is 0.590. The van der Waals surface area contributed by atoms with Crippen LogP contribution in [0.15, 0.2) is 29.2 Å². The first kappa shape index (κ1) is 18.8. The number of anilines is 1. The van der Waals surface area contributed by atoms with E-state index in [0.717, 1.165) is 12.8 Å². The van der Waals surface area contributed by atoms with Gasteiger partial charge in [-0.1, -0.05) is 6.92 Å². The van der Waals surface area contributed by atoms with Crippen LogP contribution >= 0.6 is 0 Å². The van der Waals surface area contributed by atoms with Crippen LogP contribution in [-0.2, 0) is 24.3 Å². The molecule has 0 bridgehead atoms. The molecule has 0 radical (unpaired) electrons. The first-order valence-corrected chi connectivity index (χ1v) is 10.3. The Morgan fingerprint density at radius 1 is 1.15 bits per heavy atom. The Labute approximate surface area is 154 Å². The Balaban J connectivity index is 1.74. The van der Waals surface area contributed by atoms with Gasteiger partial charge in [0.2, 0.25) is 15.9 Å². The number of piperidine rings is 1. The SMILES string of the molecule is COC(=O)[C@@H]1CC(=O)N(c2ccc(S(=O)(=O)N3CCC(C)CC3)cc2)C1. The molecule has 8 heteroatoms. The fraction of sp³-hybridized carbons (Fsp3) is 0.556. The lowest BCUT2D eigenvalue weighted by atomic mass is 10.0. The maximum Gasteiger partial charge on any atom is 0.311 e. The highest BCUT2D eigenvalue weighted by Crippen LogP contribution is 2.28. The molecular weight excluding hydrogens is 356 g/mol. The molecular formula is C18H24N2O5S. The molecule has 1 aromatic rings. The number of benzene rings is 1. The van der Waals surface area contributed by atoms with Crippen LogP contribution in [0.25, 0.3) is 0 Å². The van der Waals surface area contributed by atoms with Crippen LogP contribution in [0.2, 0.25) is 0 Å². The van der Waals surface area contributed by atoms with Gasteiger partial charge in [-0.2, -0.15) is 4.31 Å². The summed E-state index contributed by atoms with van der Waals surface area (Å²) in [7, 11) is -2.21. The summed E-state index contributed by atoms with van der Waals surface area (Å²) >= 11 is 0. The third-order valence-electron chi connectivity index (χ3n) is 5.19. The topological polar surface area (TPSA) is 84.0 Å². The molecule has 2 aliphatic heterocycles. The van der Waals surface area contributed by atoms with Gasteiger partial charge in [0, 0.05) is 31.7 Å². The molecule has 2 saturated heterocycles. The van der Waals surface area contributed by atoms with E-state index in [-0.39, 0.29) is 23.8 Å². The Morgan fingerprint density at radius 2 is 1.77 bits per heavy atom. The number of ether oxygens (including phenoxy) is 1. The van der Waals surface area contributed by atoms with Crippen LogP contribution in [0, 0.1) is 11.8 Å². The zero-order valence-electron chi connectivity index (χ0n) is 15.1. The minimum Gasteiger partial charge on any atom is -0.469 e. The highest BCUT2D eigenvalue weighted by Gasteiger charge is 2.36. The van der Waals surface area contributed by atoms with Gasteiger partial charge in [0.05, 0.1) is 17.9 Å². The zero-order chi connectivity index (χ0) is 18.9. The van der Waals surface area contributed by atoms with Crippen LogP contribution < -0.4 is 4.90 Å². The van der Waals surface area contributed by atoms with Crippen molar-refractivity contribution in [2.24, 2.45) is 11.8 Å². The van der Waals surface area contributed by atoms with Gasteiger partial charge in [-0.15, -0.1) is 0 Å². The van der Waals surface area contributed by atoms with Crippen molar-refractivity contribution in [2.75, 3.05) is 31.6 Å². The van der Waals surface area contributed by atoms with E-state index in [2.05, 4.69) is 6.92 Å². The van der Waals surface area contributed by atoms with Crippen molar-refractivity contribution >= 4 is 27.6 Å². The van der Waals surface area contributed by atoms with Crippen molar-refractivity contribution in [1.82, 2.24) is 4.31 Å². The first-order valence-electron chi connectivity index (χ1n) is 8.81. The summed E-state index contributed by atoms with van der Waals surface area (Å²) in [6, 6.07) is 6.30. The van der Waals surface area contributed by atoms with E-state index in [1.54, 1.807) is 12.1 Å². The largest absolute Gasteiger partial charge is 0.469 e. The minimum atomic E-state index is -3.51. The summed E-state index contributed by atoms with van der Waals surface area (Å²) in [5, 5.41) is 0.